The molecule has 1 atom stereocenters. The minimum Gasteiger partial charge on any atom is -0.122 e. The van der Waals surface area contributed by atoms with Crippen LogP contribution in [0.1, 0.15) is 31.2 Å². The maximum atomic E-state index is 6.43. The summed E-state index contributed by atoms with van der Waals surface area (Å²) in [7, 11) is 0. The maximum Gasteiger partial charge on any atom is 0.0408 e. The standard InChI is InChI=1S/C13H16Cl2/c14-12-7-3-4-10(8-12)9-13(15)11-5-1-2-6-11/h3-4,7-8,11,13H,1-2,5-6,9H2. The fourth-order valence-electron chi connectivity index (χ4n) is 2.37. The van der Waals surface area contributed by atoms with E-state index < -0.39 is 0 Å². The monoisotopic (exact) mass is 242 g/mol. The third-order valence-electron chi connectivity index (χ3n) is 3.23. The summed E-state index contributed by atoms with van der Waals surface area (Å²) >= 11 is 12.4. The molecule has 0 nitrogen and oxygen atoms in total. The maximum absolute atomic E-state index is 6.43. The molecule has 0 spiro atoms. The lowest BCUT2D eigenvalue weighted by molar-refractivity contribution is 0.512. The summed E-state index contributed by atoms with van der Waals surface area (Å²) in [6.45, 7) is 0. The molecule has 0 saturated heterocycles. The Bertz CT molecular complexity index is 316. The average molecular weight is 243 g/mol. The van der Waals surface area contributed by atoms with E-state index in [-0.39, 0.29) is 5.38 Å². The van der Waals surface area contributed by atoms with Gasteiger partial charge in [-0.25, -0.2) is 0 Å². The first-order valence-electron chi connectivity index (χ1n) is 5.64. The second-order valence-corrected chi connectivity index (χ2v) is 5.39. The molecule has 1 aliphatic carbocycles. The highest BCUT2D eigenvalue weighted by molar-refractivity contribution is 6.30. The fraction of sp³-hybridized carbons (Fsp3) is 0.538. The van der Waals surface area contributed by atoms with Crippen molar-refractivity contribution in [2.24, 2.45) is 5.92 Å². The third-order valence-corrected chi connectivity index (χ3v) is 3.98. The Labute approximate surface area is 102 Å². The molecule has 0 aromatic heterocycles. The number of rotatable bonds is 3. The minimum atomic E-state index is 0.283. The van der Waals surface area contributed by atoms with Gasteiger partial charge in [-0.3, -0.25) is 0 Å². The van der Waals surface area contributed by atoms with Gasteiger partial charge in [-0.05, 0) is 42.9 Å². The second kappa shape index (κ2) is 5.23. The molecule has 0 radical (unpaired) electrons. The van der Waals surface area contributed by atoms with Crippen LogP contribution in [0.5, 0.6) is 0 Å². The van der Waals surface area contributed by atoms with Crippen molar-refractivity contribution in [2.75, 3.05) is 0 Å². The lowest BCUT2D eigenvalue weighted by Crippen LogP contribution is -2.14. The highest BCUT2D eigenvalue weighted by Gasteiger charge is 2.23. The SMILES string of the molecule is Clc1cccc(CC(Cl)C2CCCC2)c1. The van der Waals surface area contributed by atoms with Crippen LogP contribution in [-0.2, 0) is 6.42 Å². The van der Waals surface area contributed by atoms with Gasteiger partial charge in [-0.15, -0.1) is 11.6 Å². The predicted molar refractivity (Wildman–Crippen MR) is 66.8 cm³/mol. The summed E-state index contributed by atoms with van der Waals surface area (Å²) in [5, 5.41) is 1.09. The zero-order valence-electron chi connectivity index (χ0n) is 8.76. The molecular weight excluding hydrogens is 227 g/mol. The zero-order chi connectivity index (χ0) is 10.7. The van der Waals surface area contributed by atoms with Gasteiger partial charge in [0, 0.05) is 10.4 Å². The molecule has 1 aliphatic rings. The summed E-state index contributed by atoms with van der Waals surface area (Å²) in [4.78, 5) is 0. The Balaban J connectivity index is 1.95. The van der Waals surface area contributed by atoms with Crippen LogP contribution in [0.25, 0.3) is 0 Å². The van der Waals surface area contributed by atoms with E-state index >= 15 is 0 Å². The predicted octanol–water partition coefficient (Wildman–Crippen LogP) is 4.68. The number of hydrogen-bond donors (Lipinski definition) is 0. The molecule has 0 amide bonds. The highest BCUT2D eigenvalue weighted by Crippen LogP contribution is 2.32. The average Bonchev–Trinajstić information content (AvgIpc) is 2.70. The number of halogens is 2. The fourth-order valence-corrected chi connectivity index (χ4v) is 3.02. The van der Waals surface area contributed by atoms with Crippen molar-refractivity contribution < 1.29 is 0 Å². The van der Waals surface area contributed by atoms with Gasteiger partial charge in [0.05, 0.1) is 0 Å². The van der Waals surface area contributed by atoms with E-state index in [9.17, 15) is 0 Å². The Morgan fingerprint density at radius 3 is 2.67 bits per heavy atom. The normalized spacial score (nSPS) is 19.3. The first-order chi connectivity index (χ1) is 7.25. The van der Waals surface area contributed by atoms with E-state index in [2.05, 4.69) is 6.07 Å². The van der Waals surface area contributed by atoms with E-state index in [0.717, 1.165) is 11.4 Å². The van der Waals surface area contributed by atoms with E-state index in [1.807, 2.05) is 18.2 Å². The van der Waals surface area contributed by atoms with Crippen LogP contribution in [0.2, 0.25) is 5.02 Å². The van der Waals surface area contributed by atoms with Gasteiger partial charge in [-0.2, -0.15) is 0 Å². The van der Waals surface area contributed by atoms with Gasteiger partial charge in [0.2, 0.25) is 0 Å². The zero-order valence-corrected chi connectivity index (χ0v) is 10.3. The molecule has 2 heteroatoms. The lowest BCUT2D eigenvalue weighted by Gasteiger charge is -2.16. The molecule has 0 bridgehead atoms. The van der Waals surface area contributed by atoms with Gasteiger partial charge >= 0.3 is 0 Å². The van der Waals surface area contributed by atoms with Crippen molar-refractivity contribution >= 4 is 23.2 Å². The van der Waals surface area contributed by atoms with Crippen molar-refractivity contribution in [2.45, 2.75) is 37.5 Å². The van der Waals surface area contributed by atoms with Crippen LogP contribution in [0.3, 0.4) is 0 Å². The molecule has 1 aromatic rings. The summed E-state index contributed by atoms with van der Waals surface area (Å²) in [6.07, 6.45) is 6.25. The molecule has 1 aromatic carbocycles. The van der Waals surface area contributed by atoms with Crippen LogP contribution >= 0.6 is 23.2 Å². The van der Waals surface area contributed by atoms with Crippen molar-refractivity contribution in [1.82, 2.24) is 0 Å². The lowest BCUT2D eigenvalue weighted by atomic mass is 9.98. The topological polar surface area (TPSA) is 0 Å². The van der Waals surface area contributed by atoms with Gasteiger partial charge in [0.1, 0.15) is 0 Å². The van der Waals surface area contributed by atoms with Crippen molar-refractivity contribution in [3.05, 3.63) is 34.9 Å². The first-order valence-corrected chi connectivity index (χ1v) is 6.45. The third kappa shape index (κ3) is 3.12. The minimum absolute atomic E-state index is 0.283. The second-order valence-electron chi connectivity index (χ2n) is 4.39. The van der Waals surface area contributed by atoms with Gasteiger partial charge in [0.25, 0.3) is 0 Å². The summed E-state index contributed by atoms with van der Waals surface area (Å²) < 4.78 is 0. The molecule has 1 unspecified atom stereocenters. The smallest absolute Gasteiger partial charge is 0.0408 e. The van der Waals surface area contributed by atoms with Crippen LogP contribution in [0.4, 0.5) is 0 Å². The highest BCUT2D eigenvalue weighted by atomic mass is 35.5. The largest absolute Gasteiger partial charge is 0.122 e. The quantitative estimate of drug-likeness (QED) is 0.676. The molecule has 1 saturated carbocycles. The van der Waals surface area contributed by atoms with Crippen molar-refractivity contribution in [1.29, 1.82) is 0 Å². The van der Waals surface area contributed by atoms with Crippen LogP contribution in [0.15, 0.2) is 24.3 Å². The summed E-state index contributed by atoms with van der Waals surface area (Å²) in [5.74, 6) is 0.714. The first kappa shape index (κ1) is 11.3. The van der Waals surface area contributed by atoms with Crippen LogP contribution < -0.4 is 0 Å². The Morgan fingerprint density at radius 2 is 2.00 bits per heavy atom. The Morgan fingerprint density at radius 1 is 1.27 bits per heavy atom. The van der Waals surface area contributed by atoms with Gasteiger partial charge < -0.3 is 0 Å². The molecule has 0 heterocycles. The molecule has 1 fully saturated rings. The van der Waals surface area contributed by atoms with Gasteiger partial charge in [-0.1, -0.05) is 36.6 Å². The number of alkyl halides is 1. The number of benzene rings is 1. The molecule has 15 heavy (non-hydrogen) atoms. The number of hydrogen-bond acceptors (Lipinski definition) is 0. The van der Waals surface area contributed by atoms with Crippen LogP contribution in [0, 0.1) is 5.92 Å². The van der Waals surface area contributed by atoms with E-state index in [1.165, 1.54) is 31.2 Å². The summed E-state index contributed by atoms with van der Waals surface area (Å²) in [6, 6.07) is 8.03. The molecule has 82 valence electrons. The molecule has 0 N–H and O–H groups in total. The van der Waals surface area contributed by atoms with Crippen LogP contribution in [-0.4, -0.2) is 5.38 Å². The van der Waals surface area contributed by atoms with Crippen molar-refractivity contribution in [3.63, 3.8) is 0 Å². The van der Waals surface area contributed by atoms with Gasteiger partial charge in [0.15, 0.2) is 0 Å². The van der Waals surface area contributed by atoms with E-state index in [0.29, 0.717) is 5.92 Å². The molecular formula is C13H16Cl2. The molecule has 0 aliphatic heterocycles. The van der Waals surface area contributed by atoms with E-state index in [1.54, 1.807) is 0 Å². The van der Waals surface area contributed by atoms with Crippen molar-refractivity contribution in [3.8, 4) is 0 Å². The summed E-state index contributed by atoms with van der Waals surface area (Å²) in [5.41, 5.74) is 1.26. The Kier molecular flexibility index (Phi) is 3.93. The van der Waals surface area contributed by atoms with E-state index in [4.69, 9.17) is 23.2 Å². The molecule has 2 rings (SSSR count). The Hall–Kier alpha value is -0.200.